The molecule has 3 fully saturated rings. The van der Waals surface area contributed by atoms with Crippen LogP contribution in [0.3, 0.4) is 0 Å². The molecule has 0 spiro atoms. The minimum absolute atomic E-state index is 0.0620. The Morgan fingerprint density at radius 3 is 2.78 bits per heavy atom. The van der Waals surface area contributed by atoms with Crippen LogP contribution in [-0.2, 0) is 16.1 Å². The predicted molar refractivity (Wildman–Crippen MR) is 88.0 cm³/mol. The lowest BCUT2D eigenvalue weighted by Crippen LogP contribution is -2.45. The fraction of sp³-hybridized carbons (Fsp3) is 0.706. The highest BCUT2D eigenvalue weighted by atomic mass is 32.1. The fourth-order valence-corrected chi connectivity index (χ4v) is 4.21. The van der Waals surface area contributed by atoms with Crippen molar-refractivity contribution in [3.8, 4) is 0 Å². The summed E-state index contributed by atoms with van der Waals surface area (Å²) in [6.07, 6.45) is 6.38. The van der Waals surface area contributed by atoms with Crippen molar-refractivity contribution in [1.29, 1.82) is 0 Å². The monoisotopic (exact) mass is 333 g/mol. The number of likely N-dealkylation sites (tertiary alicyclic amines) is 1. The van der Waals surface area contributed by atoms with Crippen molar-refractivity contribution in [3.63, 3.8) is 0 Å². The number of aromatic nitrogens is 1. The Bertz CT molecular complexity index is 607. The largest absolute Gasteiger partial charge is 0.350 e. The summed E-state index contributed by atoms with van der Waals surface area (Å²) in [5, 5.41) is 6.28. The van der Waals surface area contributed by atoms with Crippen LogP contribution in [-0.4, -0.2) is 34.8 Å². The van der Waals surface area contributed by atoms with Crippen LogP contribution in [0.15, 0.2) is 5.38 Å². The molecule has 1 aromatic rings. The van der Waals surface area contributed by atoms with Gasteiger partial charge in [-0.1, -0.05) is 0 Å². The predicted octanol–water partition coefficient (Wildman–Crippen LogP) is 2.29. The van der Waals surface area contributed by atoms with Crippen LogP contribution >= 0.6 is 11.3 Å². The third kappa shape index (κ3) is 3.57. The molecule has 1 aromatic heterocycles. The van der Waals surface area contributed by atoms with Gasteiger partial charge in [0.05, 0.1) is 23.2 Å². The van der Waals surface area contributed by atoms with Crippen molar-refractivity contribution in [2.45, 2.75) is 51.0 Å². The van der Waals surface area contributed by atoms with Gasteiger partial charge >= 0.3 is 0 Å². The molecule has 6 heteroatoms. The van der Waals surface area contributed by atoms with E-state index in [4.69, 9.17) is 0 Å². The van der Waals surface area contributed by atoms with Gasteiger partial charge in [0, 0.05) is 30.3 Å². The molecule has 2 heterocycles. The quantitative estimate of drug-likeness (QED) is 0.899. The molecule has 1 aliphatic heterocycles. The van der Waals surface area contributed by atoms with Crippen LogP contribution in [0.25, 0.3) is 0 Å². The van der Waals surface area contributed by atoms with Crippen LogP contribution in [0.2, 0.25) is 0 Å². The van der Waals surface area contributed by atoms with Crippen LogP contribution < -0.4 is 5.32 Å². The molecule has 2 saturated carbocycles. The molecule has 124 valence electrons. The highest BCUT2D eigenvalue weighted by molar-refractivity contribution is 7.09. The van der Waals surface area contributed by atoms with Crippen molar-refractivity contribution in [1.82, 2.24) is 15.2 Å². The first-order valence-electron chi connectivity index (χ1n) is 8.71. The Balaban J connectivity index is 1.28. The first kappa shape index (κ1) is 15.1. The number of rotatable bonds is 5. The van der Waals surface area contributed by atoms with Crippen LogP contribution in [0.5, 0.6) is 0 Å². The second-order valence-corrected chi connectivity index (χ2v) is 7.96. The lowest BCUT2D eigenvalue weighted by atomic mass is 9.96. The van der Waals surface area contributed by atoms with Gasteiger partial charge in [-0.05, 0) is 38.5 Å². The highest BCUT2D eigenvalue weighted by Crippen LogP contribution is 2.41. The lowest BCUT2D eigenvalue weighted by molar-refractivity contribution is -0.136. The summed E-state index contributed by atoms with van der Waals surface area (Å²) in [4.78, 5) is 31.1. The van der Waals surface area contributed by atoms with Crippen molar-refractivity contribution in [2.24, 2.45) is 11.8 Å². The van der Waals surface area contributed by atoms with Gasteiger partial charge in [-0.3, -0.25) is 9.59 Å². The van der Waals surface area contributed by atoms with Gasteiger partial charge in [0.25, 0.3) is 0 Å². The zero-order valence-corrected chi connectivity index (χ0v) is 14.1. The third-order valence-corrected chi connectivity index (χ3v) is 6.03. The number of hydrogen-bond donors (Lipinski definition) is 1. The molecule has 1 N–H and O–H groups in total. The van der Waals surface area contributed by atoms with Gasteiger partial charge < -0.3 is 10.2 Å². The molecular weight excluding hydrogens is 310 g/mol. The van der Waals surface area contributed by atoms with Gasteiger partial charge in [0.1, 0.15) is 0 Å². The fourth-order valence-electron chi connectivity index (χ4n) is 3.22. The Labute approximate surface area is 140 Å². The normalized spacial score (nSPS) is 24.5. The Morgan fingerprint density at radius 2 is 2.04 bits per heavy atom. The van der Waals surface area contributed by atoms with Crippen molar-refractivity contribution in [3.05, 3.63) is 16.1 Å². The molecule has 0 unspecified atom stereocenters. The molecule has 2 aliphatic carbocycles. The smallest absolute Gasteiger partial charge is 0.225 e. The van der Waals surface area contributed by atoms with E-state index < -0.39 is 0 Å². The first-order chi connectivity index (χ1) is 11.2. The number of nitrogens with one attached hydrogen (secondary N) is 1. The second kappa shape index (κ2) is 6.23. The molecule has 0 aromatic carbocycles. The maximum absolute atomic E-state index is 12.4. The maximum atomic E-state index is 12.4. The lowest BCUT2D eigenvalue weighted by Gasteiger charge is -2.32. The average molecular weight is 333 g/mol. The van der Waals surface area contributed by atoms with Crippen LogP contribution in [0.4, 0.5) is 0 Å². The van der Waals surface area contributed by atoms with E-state index in [0.717, 1.165) is 37.9 Å². The average Bonchev–Trinajstić information content (AvgIpc) is 3.50. The summed E-state index contributed by atoms with van der Waals surface area (Å²) in [5.41, 5.74) is 0.965. The number of carbonyl (C=O) groups is 2. The molecule has 23 heavy (non-hydrogen) atoms. The van der Waals surface area contributed by atoms with Crippen LogP contribution in [0.1, 0.15) is 55.1 Å². The van der Waals surface area contributed by atoms with E-state index in [2.05, 4.69) is 15.7 Å². The van der Waals surface area contributed by atoms with E-state index in [-0.39, 0.29) is 23.7 Å². The van der Waals surface area contributed by atoms with E-state index in [9.17, 15) is 9.59 Å². The van der Waals surface area contributed by atoms with E-state index >= 15 is 0 Å². The van der Waals surface area contributed by atoms with E-state index in [1.54, 1.807) is 11.3 Å². The van der Waals surface area contributed by atoms with E-state index in [1.807, 2.05) is 4.90 Å². The van der Waals surface area contributed by atoms with Crippen molar-refractivity contribution < 1.29 is 9.59 Å². The molecule has 4 rings (SSSR count). The first-order valence-corrected chi connectivity index (χ1v) is 9.59. The number of nitrogens with zero attached hydrogens (tertiary/aromatic N) is 2. The molecule has 1 atom stereocenters. The Morgan fingerprint density at radius 1 is 1.22 bits per heavy atom. The van der Waals surface area contributed by atoms with Crippen LogP contribution in [0, 0.1) is 11.8 Å². The SMILES string of the molecule is O=C(NCc1csc(C2CC2)n1)[C@@H]1CCCN(C(=O)C2CC2)C1. The molecule has 2 amide bonds. The van der Waals surface area contributed by atoms with Crippen molar-refractivity contribution in [2.75, 3.05) is 13.1 Å². The molecule has 3 aliphatic rings. The number of carbonyl (C=O) groups excluding carboxylic acids is 2. The second-order valence-electron chi connectivity index (χ2n) is 7.07. The molecule has 0 radical (unpaired) electrons. The molecule has 0 bridgehead atoms. The third-order valence-electron chi connectivity index (χ3n) is 4.97. The Hall–Kier alpha value is -1.43. The van der Waals surface area contributed by atoms with Gasteiger partial charge in [0.2, 0.25) is 11.8 Å². The van der Waals surface area contributed by atoms with Gasteiger partial charge in [0.15, 0.2) is 0 Å². The number of amides is 2. The van der Waals surface area contributed by atoms with Gasteiger partial charge in [-0.25, -0.2) is 4.98 Å². The van der Waals surface area contributed by atoms with Crippen molar-refractivity contribution >= 4 is 23.2 Å². The number of thiazole rings is 1. The maximum Gasteiger partial charge on any atom is 0.225 e. The van der Waals surface area contributed by atoms with E-state index in [0.29, 0.717) is 19.0 Å². The number of hydrogen-bond acceptors (Lipinski definition) is 4. The summed E-state index contributed by atoms with van der Waals surface area (Å²) in [7, 11) is 0. The topological polar surface area (TPSA) is 62.3 Å². The summed E-state index contributed by atoms with van der Waals surface area (Å²) in [5.74, 6) is 1.18. The zero-order valence-electron chi connectivity index (χ0n) is 13.3. The zero-order chi connectivity index (χ0) is 15.8. The van der Waals surface area contributed by atoms with E-state index in [1.165, 1.54) is 17.8 Å². The molecule has 5 nitrogen and oxygen atoms in total. The van der Waals surface area contributed by atoms with Gasteiger partial charge in [-0.15, -0.1) is 11.3 Å². The summed E-state index contributed by atoms with van der Waals surface area (Å²) in [6.45, 7) is 1.91. The standard InChI is InChI=1S/C17H23N3O2S/c21-15(18-8-14-10-23-16(19-14)11-3-4-11)13-2-1-7-20(9-13)17(22)12-5-6-12/h10-13H,1-9H2,(H,18,21)/t13-/m1/s1. The molecule has 1 saturated heterocycles. The summed E-state index contributed by atoms with van der Waals surface area (Å²) < 4.78 is 0. The Kier molecular flexibility index (Phi) is 4.09. The molecular formula is C17H23N3O2S. The van der Waals surface area contributed by atoms with Gasteiger partial charge in [-0.2, -0.15) is 0 Å². The number of piperidine rings is 1. The minimum Gasteiger partial charge on any atom is -0.350 e. The highest BCUT2D eigenvalue weighted by Gasteiger charge is 2.36. The summed E-state index contributed by atoms with van der Waals surface area (Å²) in [6, 6.07) is 0. The summed E-state index contributed by atoms with van der Waals surface area (Å²) >= 11 is 1.71. The minimum atomic E-state index is -0.0620.